The lowest BCUT2D eigenvalue weighted by molar-refractivity contribution is -0.125. The fourth-order valence-electron chi connectivity index (χ4n) is 2.35. The summed E-state index contributed by atoms with van der Waals surface area (Å²) >= 11 is 0. The predicted octanol–water partition coefficient (Wildman–Crippen LogP) is 4.66. The van der Waals surface area contributed by atoms with Gasteiger partial charge in [0.1, 0.15) is 5.75 Å². The Morgan fingerprint density at radius 1 is 0.808 bits per heavy atom. The molecular formula is C22H19NO3. The summed E-state index contributed by atoms with van der Waals surface area (Å²) < 4.78 is 5.36. The van der Waals surface area contributed by atoms with Crippen LogP contribution in [0, 0.1) is 0 Å². The second-order valence-corrected chi connectivity index (χ2v) is 5.64. The van der Waals surface area contributed by atoms with E-state index in [4.69, 9.17) is 4.74 Å². The molecule has 0 atom stereocenters. The van der Waals surface area contributed by atoms with Crippen LogP contribution in [0.2, 0.25) is 0 Å². The fraction of sp³-hybridized carbons (Fsp3) is 0.0455. The van der Waals surface area contributed by atoms with E-state index in [0.717, 1.165) is 11.1 Å². The van der Waals surface area contributed by atoms with Crippen LogP contribution in [0.5, 0.6) is 5.75 Å². The van der Waals surface area contributed by atoms with Crippen LogP contribution in [0.4, 0.5) is 5.69 Å². The Balaban J connectivity index is 1.58. The Bertz CT molecular complexity index is 859. The van der Waals surface area contributed by atoms with Crippen LogP contribution in [0.1, 0.15) is 11.1 Å². The molecule has 0 aliphatic heterocycles. The Labute approximate surface area is 152 Å². The van der Waals surface area contributed by atoms with Gasteiger partial charge in [-0.25, -0.2) is 0 Å². The van der Waals surface area contributed by atoms with Crippen LogP contribution < -0.4 is 9.80 Å². The highest BCUT2D eigenvalue weighted by Gasteiger charge is 2.13. The van der Waals surface area contributed by atoms with Gasteiger partial charge in [-0.15, -0.1) is 0 Å². The van der Waals surface area contributed by atoms with Crippen molar-refractivity contribution in [2.45, 2.75) is 0 Å². The number of carbonyl (C=O) groups excluding carboxylic acids is 1. The van der Waals surface area contributed by atoms with Gasteiger partial charge in [-0.1, -0.05) is 72.8 Å². The Kier molecular flexibility index (Phi) is 5.80. The van der Waals surface area contributed by atoms with Crippen molar-refractivity contribution in [2.24, 2.45) is 0 Å². The largest absolute Gasteiger partial charge is 0.484 e. The third kappa shape index (κ3) is 4.82. The van der Waals surface area contributed by atoms with Crippen LogP contribution in [-0.2, 0) is 4.79 Å². The van der Waals surface area contributed by atoms with Crippen molar-refractivity contribution in [3.8, 4) is 5.75 Å². The molecular weight excluding hydrogens is 326 g/mol. The highest BCUT2D eigenvalue weighted by molar-refractivity contribution is 5.92. The molecule has 0 fully saturated rings. The van der Waals surface area contributed by atoms with Gasteiger partial charge in [0.25, 0.3) is 5.91 Å². The average molecular weight is 345 g/mol. The number of anilines is 1. The molecule has 26 heavy (non-hydrogen) atoms. The number of hydrogen-bond donors (Lipinski definition) is 1. The van der Waals surface area contributed by atoms with Gasteiger partial charge in [0.2, 0.25) is 0 Å². The second-order valence-electron chi connectivity index (χ2n) is 5.64. The Morgan fingerprint density at radius 3 is 1.96 bits per heavy atom. The molecule has 0 spiro atoms. The van der Waals surface area contributed by atoms with Crippen LogP contribution >= 0.6 is 0 Å². The van der Waals surface area contributed by atoms with E-state index in [1.165, 1.54) is 0 Å². The first-order valence-electron chi connectivity index (χ1n) is 8.25. The summed E-state index contributed by atoms with van der Waals surface area (Å²) in [7, 11) is 0. The molecule has 3 aromatic rings. The molecule has 0 aliphatic rings. The molecule has 0 saturated heterocycles. The van der Waals surface area contributed by atoms with Gasteiger partial charge >= 0.3 is 0 Å². The summed E-state index contributed by atoms with van der Waals surface area (Å²) in [6.07, 6.45) is 3.98. The lowest BCUT2D eigenvalue weighted by atomic mass is 10.1. The number of ether oxygens (including phenoxy) is 1. The summed E-state index contributed by atoms with van der Waals surface area (Å²) in [4.78, 5) is 12.0. The van der Waals surface area contributed by atoms with Crippen LogP contribution in [0.3, 0.4) is 0 Å². The van der Waals surface area contributed by atoms with Crippen LogP contribution in [-0.4, -0.2) is 17.7 Å². The van der Waals surface area contributed by atoms with Crippen molar-refractivity contribution in [2.75, 3.05) is 11.7 Å². The van der Waals surface area contributed by atoms with E-state index in [0.29, 0.717) is 16.5 Å². The van der Waals surface area contributed by atoms with Gasteiger partial charge in [-0.3, -0.25) is 10.0 Å². The van der Waals surface area contributed by atoms with E-state index < -0.39 is 5.91 Å². The van der Waals surface area contributed by atoms with Gasteiger partial charge in [0.05, 0.1) is 5.69 Å². The molecule has 0 radical (unpaired) electrons. The van der Waals surface area contributed by atoms with E-state index >= 15 is 0 Å². The zero-order valence-electron chi connectivity index (χ0n) is 14.2. The summed E-state index contributed by atoms with van der Waals surface area (Å²) in [5.41, 5.74) is 2.47. The minimum absolute atomic E-state index is 0.240. The van der Waals surface area contributed by atoms with Crippen molar-refractivity contribution in [3.63, 3.8) is 0 Å². The van der Waals surface area contributed by atoms with E-state index in [9.17, 15) is 10.0 Å². The number of para-hydroxylation sites is 1. The molecule has 4 nitrogen and oxygen atoms in total. The maximum absolute atomic E-state index is 12.0. The molecule has 4 heteroatoms. The highest BCUT2D eigenvalue weighted by Crippen LogP contribution is 2.16. The Morgan fingerprint density at radius 2 is 1.35 bits per heavy atom. The molecule has 0 aromatic heterocycles. The normalized spacial score (nSPS) is 10.7. The molecule has 0 heterocycles. The number of hydrogen-bond acceptors (Lipinski definition) is 3. The number of rotatable bonds is 6. The lowest BCUT2D eigenvalue weighted by Gasteiger charge is -2.15. The first-order chi connectivity index (χ1) is 12.7. The van der Waals surface area contributed by atoms with Crippen LogP contribution in [0.25, 0.3) is 12.2 Å². The molecule has 0 saturated carbocycles. The van der Waals surface area contributed by atoms with Gasteiger partial charge in [-0.05, 0) is 35.4 Å². The topological polar surface area (TPSA) is 49.8 Å². The molecule has 130 valence electrons. The zero-order valence-corrected chi connectivity index (χ0v) is 14.2. The summed E-state index contributed by atoms with van der Waals surface area (Å²) in [5, 5.41) is 10.7. The molecule has 3 aromatic carbocycles. The third-order valence-corrected chi connectivity index (χ3v) is 3.75. The summed E-state index contributed by atoms with van der Waals surface area (Å²) in [6.45, 7) is -0.240. The van der Waals surface area contributed by atoms with Crippen molar-refractivity contribution < 1.29 is 14.7 Å². The maximum atomic E-state index is 12.0. The molecule has 1 amide bonds. The molecule has 3 rings (SSSR count). The smallest absolute Gasteiger partial charge is 0.288 e. The van der Waals surface area contributed by atoms with Crippen molar-refractivity contribution in [3.05, 3.63) is 96.1 Å². The maximum Gasteiger partial charge on any atom is 0.288 e. The average Bonchev–Trinajstić information content (AvgIpc) is 2.72. The van der Waals surface area contributed by atoms with E-state index in [1.807, 2.05) is 72.8 Å². The number of hydroxylamine groups is 1. The molecule has 0 aliphatic carbocycles. The zero-order chi connectivity index (χ0) is 18.2. The number of benzene rings is 3. The predicted molar refractivity (Wildman–Crippen MR) is 103 cm³/mol. The highest BCUT2D eigenvalue weighted by atomic mass is 16.5. The number of carbonyl (C=O) groups is 1. The van der Waals surface area contributed by atoms with Gasteiger partial charge in [0, 0.05) is 0 Å². The quantitative estimate of drug-likeness (QED) is 0.402. The van der Waals surface area contributed by atoms with Gasteiger partial charge in [0.15, 0.2) is 6.61 Å². The van der Waals surface area contributed by atoms with Gasteiger partial charge < -0.3 is 4.74 Å². The number of nitrogens with zero attached hydrogens (tertiary/aromatic N) is 1. The van der Waals surface area contributed by atoms with E-state index in [1.54, 1.807) is 24.3 Å². The monoisotopic (exact) mass is 345 g/mol. The minimum atomic E-state index is -0.540. The fourth-order valence-corrected chi connectivity index (χ4v) is 2.35. The van der Waals surface area contributed by atoms with E-state index in [-0.39, 0.29) is 6.61 Å². The van der Waals surface area contributed by atoms with Crippen LogP contribution in [0.15, 0.2) is 84.9 Å². The summed E-state index contributed by atoms with van der Waals surface area (Å²) in [6, 6.07) is 26.0. The molecule has 1 N–H and O–H groups in total. The standard InChI is InChI=1S/C22H19NO3/c24-22(17-26-21-9-5-2-6-10-21)23(25)20-15-13-19(14-16-20)12-11-18-7-3-1-4-8-18/h1-16,25H,17H2. The first kappa shape index (κ1) is 17.5. The summed E-state index contributed by atoms with van der Waals surface area (Å²) in [5.74, 6) is 0.0390. The SMILES string of the molecule is O=C(COc1ccccc1)N(O)c1ccc(C=Cc2ccccc2)cc1. The van der Waals surface area contributed by atoms with Crippen molar-refractivity contribution in [1.29, 1.82) is 0 Å². The van der Waals surface area contributed by atoms with Crippen molar-refractivity contribution >= 4 is 23.7 Å². The Hall–Kier alpha value is -3.37. The molecule has 0 unspecified atom stereocenters. The van der Waals surface area contributed by atoms with Crippen molar-refractivity contribution in [1.82, 2.24) is 0 Å². The lowest BCUT2D eigenvalue weighted by Crippen LogP contribution is -2.31. The third-order valence-electron chi connectivity index (χ3n) is 3.75. The van der Waals surface area contributed by atoms with E-state index in [2.05, 4.69) is 0 Å². The first-order valence-corrected chi connectivity index (χ1v) is 8.25. The minimum Gasteiger partial charge on any atom is -0.484 e. The van der Waals surface area contributed by atoms with Gasteiger partial charge in [-0.2, -0.15) is 5.06 Å². The molecule has 0 bridgehead atoms. The number of amides is 1. The second kappa shape index (κ2) is 8.65.